The standard InChI is InChI=1S/C21H27ClN4O/c22-18-9-10-20-19(15-18)21(27)26(17-24-20)13-8-6-4-2-1-3-5-7-12-25-14-11-23-16-25/h9-11,14-17H,1-8,12-13H2. The second-order valence-electron chi connectivity index (χ2n) is 7.03. The van der Waals surface area contributed by atoms with Gasteiger partial charge in [-0.15, -0.1) is 0 Å². The van der Waals surface area contributed by atoms with Gasteiger partial charge in [0, 0.05) is 30.5 Å². The lowest BCUT2D eigenvalue weighted by Gasteiger charge is -2.07. The monoisotopic (exact) mass is 386 g/mol. The van der Waals surface area contributed by atoms with E-state index in [2.05, 4.69) is 14.5 Å². The molecule has 0 saturated heterocycles. The molecule has 0 radical (unpaired) electrons. The predicted molar refractivity (Wildman–Crippen MR) is 110 cm³/mol. The molecule has 0 bridgehead atoms. The molecule has 0 amide bonds. The van der Waals surface area contributed by atoms with Crippen LogP contribution in [0.2, 0.25) is 5.02 Å². The fourth-order valence-corrected chi connectivity index (χ4v) is 3.52. The lowest BCUT2D eigenvalue weighted by molar-refractivity contribution is 0.521. The average Bonchev–Trinajstić information content (AvgIpc) is 3.19. The number of nitrogens with zero attached hydrogens (tertiary/aromatic N) is 4. The highest BCUT2D eigenvalue weighted by molar-refractivity contribution is 6.31. The van der Waals surface area contributed by atoms with E-state index in [0.717, 1.165) is 25.9 Å². The zero-order valence-electron chi connectivity index (χ0n) is 15.7. The number of halogens is 1. The highest BCUT2D eigenvalue weighted by Crippen LogP contribution is 2.14. The molecule has 0 N–H and O–H groups in total. The molecular weight excluding hydrogens is 360 g/mol. The summed E-state index contributed by atoms with van der Waals surface area (Å²) < 4.78 is 3.84. The molecular formula is C21H27ClN4O. The normalized spacial score (nSPS) is 11.3. The lowest BCUT2D eigenvalue weighted by Crippen LogP contribution is -2.20. The summed E-state index contributed by atoms with van der Waals surface area (Å²) in [5.41, 5.74) is 0.703. The van der Waals surface area contributed by atoms with Gasteiger partial charge in [0.25, 0.3) is 5.56 Å². The Bertz CT molecular complexity index is 889. The van der Waals surface area contributed by atoms with E-state index < -0.39 is 0 Å². The Morgan fingerprint density at radius 1 is 0.889 bits per heavy atom. The highest BCUT2D eigenvalue weighted by Gasteiger charge is 2.04. The van der Waals surface area contributed by atoms with E-state index >= 15 is 0 Å². The van der Waals surface area contributed by atoms with Crippen molar-refractivity contribution in [2.45, 2.75) is 64.5 Å². The van der Waals surface area contributed by atoms with Crippen LogP contribution in [0.4, 0.5) is 0 Å². The summed E-state index contributed by atoms with van der Waals surface area (Å²) in [6.07, 6.45) is 17.1. The van der Waals surface area contributed by atoms with Crippen LogP contribution in [-0.2, 0) is 13.1 Å². The molecule has 0 fully saturated rings. The molecule has 0 saturated carbocycles. The van der Waals surface area contributed by atoms with E-state index in [9.17, 15) is 4.79 Å². The van der Waals surface area contributed by atoms with Gasteiger partial charge in [-0.3, -0.25) is 9.36 Å². The predicted octanol–water partition coefficient (Wildman–Crippen LogP) is 5.07. The topological polar surface area (TPSA) is 52.7 Å². The summed E-state index contributed by atoms with van der Waals surface area (Å²) in [4.78, 5) is 20.9. The second-order valence-corrected chi connectivity index (χ2v) is 7.47. The third-order valence-corrected chi connectivity index (χ3v) is 5.15. The van der Waals surface area contributed by atoms with Crippen LogP contribution in [0.1, 0.15) is 51.4 Å². The molecule has 0 atom stereocenters. The maximum atomic E-state index is 12.5. The van der Waals surface area contributed by atoms with Crippen LogP contribution in [0.15, 0.2) is 48.0 Å². The van der Waals surface area contributed by atoms with Crippen molar-refractivity contribution in [1.29, 1.82) is 0 Å². The summed E-state index contributed by atoms with van der Waals surface area (Å²) in [7, 11) is 0. The molecule has 0 aliphatic rings. The van der Waals surface area contributed by atoms with Crippen molar-refractivity contribution in [3.8, 4) is 0 Å². The Balaban J connectivity index is 1.28. The van der Waals surface area contributed by atoms with Crippen LogP contribution in [0.25, 0.3) is 10.9 Å². The van der Waals surface area contributed by atoms with Gasteiger partial charge in [0.2, 0.25) is 0 Å². The molecule has 0 aliphatic heterocycles. The first kappa shape index (κ1) is 19.6. The Labute approximate surface area is 165 Å². The summed E-state index contributed by atoms with van der Waals surface area (Å²) in [5, 5.41) is 1.17. The maximum absolute atomic E-state index is 12.5. The molecule has 3 rings (SSSR count). The number of unbranched alkanes of at least 4 members (excludes halogenated alkanes) is 7. The van der Waals surface area contributed by atoms with Gasteiger partial charge in [-0.05, 0) is 31.0 Å². The molecule has 6 heteroatoms. The summed E-state index contributed by atoms with van der Waals surface area (Å²) in [5.74, 6) is 0. The zero-order valence-corrected chi connectivity index (χ0v) is 16.4. The fourth-order valence-electron chi connectivity index (χ4n) is 3.35. The minimum Gasteiger partial charge on any atom is -0.337 e. The summed E-state index contributed by atoms with van der Waals surface area (Å²) >= 11 is 6.00. The van der Waals surface area contributed by atoms with Crippen molar-refractivity contribution in [2.24, 2.45) is 0 Å². The second kappa shape index (κ2) is 10.3. The molecule has 0 spiro atoms. The van der Waals surface area contributed by atoms with E-state index in [0.29, 0.717) is 15.9 Å². The molecule has 5 nitrogen and oxygen atoms in total. The molecule has 144 valence electrons. The van der Waals surface area contributed by atoms with Crippen molar-refractivity contribution in [3.63, 3.8) is 0 Å². The number of aromatic nitrogens is 4. The number of rotatable bonds is 11. The van der Waals surface area contributed by atoms with Crippen LogP contribution >= 0.6 is 11.6 Å². The smallest absolute Gasteiger partial charge is 0.261 e. The number of hydrogen-bond donors (Lipinski definition) is 0. The van der Waals surface area contributed by atoms with Gasteiger partial charge in [0.1, 0.15) is 0 Å². The molecule has 2 aromatic heterocycles. The van der Waals surface area contributed by atoms with Crippen molar-refractivity contribution >= 4 is 22.5 Å². The van der Waals surface area contributed by atoms with Crippen LogP contribution in [0.5, 0.6) is 0 Å². The SMILES string of the molecule is O=c1c2cc(Cl)ccc2ncn1CCCCCCCCCCn1ccnc1. The molecule has 0 aliphatic carbocycles. The van der Waals surface area contributed by atoms with Crippen LogP contribution in [0, 0.1) is 0 Å². The number of aryl methyl sites for hydroxylation is 2. The van der Waals surface area contributed by atoms with E-state index in [1.54, 1.807) is 29.1 Å². The minimum absolute atomic E-state index is 0.000363. The zero-order chi connectivity index (χ0) is 18.9. The van der Waals surface area contributed by atoms with E-state index in [1.165, 1.54) is 38.5 Å². The Morgan fingerprint density at radius 2 is 1.59 bits per heavy atom. The number of fused-ring (bicyclic) bond motifs is 1. The molecule has 1 aromatic carbocycles. The molecule has 0 unspecified atom stereocenters. The largest absolute Gasteiger partial charge is 0.337 e. The van der Waals surface area contributed by atoms with Crippen molar-refractivity contribution in [2.75, 3.05) is 0 Å². The van der Waals surface area contributed by atoms with Gasteiger partial charge in [0.05, 0.1) is 23.6 Å². The van der Waals surface area contributed by atoms with Crippen LogP contribution < -0.4 is 5.56 Å². The van der Waals surface area contributed by atoms with Gasteiger partial charge in [-0.25, -0.2) is 9.97 Å². The Kier molecular flexibility index (Phi) is 7.45. The van der Waals surface area contributed by atoms with E-state index in [4.69, 9.17) is 11.6 Å². The quantitative estimate of drug-likeness (QED) is 0.432. The van der Waals surface area contributed by atoms with Gasteiger partial charge in [-0.1, -0.05) is 50.1 Å². The average molecular weight is 387 g/mol. The van der Waals surface area contributed by atoms with Gasteiger partial charge in [-0.2, -0.15) is 0 Å². The molecule has 2 heterocycles. The van der Waals surface area contributed by atoms with E-state index in [-0.39, 0.29) is 5.56 Å². The van der Waals surface area contributed by atoms with Gasteiger partial charge >= 0.3 is 0 Å². The number of imidazole rings is 1. The summed E-state index contributed by atoms with van der Waals surface area (Å²) in [6.45, 7) is 1.79. The van der Waals surface area contributed by atoms with Crippen LogP contribution in [-0.4, -0.2) is 19.1 Å². The Hall–Kier alpha value is -2.14. The highest BCUT2D eigenvalue weighted by atomic mass is 35.5. The van der Waals surface area contributed by atoms with Crippen molar-refractivity contribution in [3.05, 3.63) is 58.6 Å². The van der Waals surface area contributed by atoms with Crippen LogP contribution in [0.3, 0.4) is 0 Å². The fraction of sp³-hybridized carbons (Fsp3) is 0.476. The van der Waals surface area contributed by atoms with Gasteiger partial charge in [0.15, 0.2) is 0 Å². The van der Waals surface area contributed by atoms with Gasteiger partial charge < -0.3 is 4.57 Å². The Morgan fingerprint density at radius 3 is 2.30 bits per heavy atom. The lowest BCUT2D eigenvalue weighted by atomic mass is 10.1. The minimum atomic E-state index is 0.000363. The number of benzene rings is 1. The third-order valence-electron chi connectivity index (χ3n) is 4.91. The third kappa shape index (κ3) is 5.93. The summed E-state index contributed by atoms with van der Waals surface area (Å²) in [6, 6.07) is 5.26. The van der Waals surface area contributed by atoms with Crippen molar-refractivity contribution in [1.82, 2.24) is 19.1 Å². The van der Waals surface area contributed by atoms with Crippen molar-refractivity contribution < 1.29 is 0 Å². The first-order valence-corrected chi connectivity index (χ1v) is 10.2. The first-order chi connectivity index (χ1) is 13.2. The first-order valence-electron chi connectivity index (χ1n) is 9.84. The maximum Gasteiger partial charge on any atom is 0.261 e. The van der Waals surface area contributed by atoms with E-state index in [1.807, 2.05) is 18.7 Å². The number of hydrogen-bond acceptors (Lipinski definition) is 3. The molecule has 27 heavy (non-hydrogen) atoms. The molecule has 3 aromatic rings.